The number of hydrogen-bond donors (Lipinski definition) is 0. The smallest absolute Gasteiger partial charge is 0.161 e. The summed E-state index contributed by atoms with van der Waals surface area (Å²) in [6.45, 7) is 0.393. The first-order valence-corrected chi connectivity index (χ1v) is 6.63. The van der Waals surface area contributed by atoms with Crippen molar-refractivity contribution in [1.29, 1.82) is 0 Å². The van der Waals surface area contributed by atoms with Crippen molar-refractivity contribution in [3.63, 3.8) is 0 Å². The van der Waals surface area contributed by atoms with Crippen LogP contribution in [-0.4, -0.2) is 17.1 Å². The quantitative estimate of drug-likeness (QED) is 0.774. The van der Waals surface area contributed by atoms with E-state index in [1.807, 2.05) is 12.1 Å². The van der Waals surface area contributed by atoms with Gasteiger partial charge in [-0.25, -0.2) is 9.97 Å². The third kappa shape index (κ3) is 3.20. The number of benzene rings is 1. The highest BCUT2D eigenvalue weighted by molar-refractivity contribution is 9.10. The van der Waals surface area contributed by atoms with Gasteiger partial charge in [-0.1, -0.05) is 23.2 Å². The van der Waals surface area contributed by atoms with Crippen LogP contribution in [0.15, 0.2) is 28.7 Å². The molecule has 94 valence electrons. The molecule has 0 spiro atoms. The summed E-state index contributed by atoms with van der Waals surface area (Å²) in [6, 6.07) is 7.15. The van der Waals surface area contributed by atoms with Gasteiger partial charge in [-0.2, -0.15) is 0 Å². The molecule has 0 fully saturated rings. The molecule has 0 amide bonds. The molecule has 0 saturated carbocycles. The maximum absolute atomic E-state index is 5.96. The molecule has 0 aliphatic heterocycles. The molecule has 0 radical (unpaired) electrons. The van der Waals surface area contributed by atoms with Crippen LogP contribution in [0.2, 0.25) is 10.2 Å². The topological polar surface area (TPSA) is 35.0 Å². The average molecular weight is 348 g/mol. The second-order valence-electron chi connectivity index (χ2n) is 3.57. The second kappa shape index (κ2) is 5.97. The molecule has 2 aromatic rings. The largest absolute Gasteiger partial charge is 0.378 e. The Morgan fingerprint density at radius 3 is 2.67 bits per heavy atom. The molecule has 0 unspecified atom stereocenters. The number of hydrogen-bond acceptors (Lipinski definition) is 3. The fourth-order valence-electron chi connectivity index (χ4n) is 1.45. The van der Waals surface area contributed by atoms with Gasteiger partial charge in [-0.05, 0) is 40.2 Å². The predicted octanol–water partition coefficient (Wildman–Crippen LogP) is 4.36. The predicted molar refractivity (Wildman–Crippen MR) is 75.9 cm³/mol. The van der Waals surface area contributed by atoms with Crippen molar-refractivity contribution in [3.8, 4) is 11.4 Å². The van der Waals surface area contributed by atoms with E-state index in [0.717, 1.165) is 15.7 Å². The van der Waals surface area contributed by atoms with Crippen molar-refractivity contribution in [2.45, 2.75) is 6.61 Å². The molecule has 3 nitrogen and oxygen atoms in total. The van der Waals surface area contributed by atoms with E-state index in [1.165, 1.54) is 0 Å². The lowest BCUT2D eigenvalue weighted by Crippen LogP contribution is -1.97. The van der Waals surface area contributed by atoms with Crippen molar-refractivity contribution in [1.82, 2.24) is 9.97 Å². The lowest BCUT2D eigenvalue weighted by atomic mass is 10.2. The van der Waals surface area contributed by atoms with Crippen molar-refractivity contribution in [3.05, 3.63) is 44.6 Å². The molecular weight excluding hydrogens is 339 g/mol. The first-order chi connectivity index (χ1) is 8.60. The fraction of sp³-hybridized carbons (Fsp3) is 0.167. The summed E-state index contributed by atoms with van der Waals surface area (Å²) >= 11 is 15.3. The summed E-state index contributed by atoms with van der Waals surface area (Å²) in [5.74, 6) is 0.548. The molecule has 0 saturated heterocycles. The van der Waals surface area contributed by atoms with E-state index in [4.69, 9.17) is 27.9 Å². The van der Waals surface area contributed by atoms with Gasteiger partial charge in [0.1, 0.15) is 5.15 Å². The summed E-state index contributed by atoms with van der Waals surface area (Å²) in [4.78, 5) is 8.57. The zero-order chi connectivity index (χ0) is 13.1. The standard InChI is InChI=1S/C12H9BrCl2N2O/c1-18-6-8-5-11(15)17-12(16-8)7-2-3-10(14)9(13)4-7/h2-5H,6H2,1H3. The van der Waals surface area contributed by atoms with E-state index in [1.54, 1.807) is 19.2 Å². The van der Waals surface area contributed by atoms with Gasteiger partial charge in [0.25, 0.3) is 0 Å². The van der Waals surface area contributed by atoms with E-state index in [9.17, 15) is 0 Å². The van der Waals surface area contributed by atoms with Crippen LogP contribution in [0.25, 0.3) is 11.4 Å². The molecule has 0 atom stereocenters. The van der Waals surface area contributed by atoms with Crippen LogP contribution >= 0.6 is 39.1 Å². The number of methoxy groups -OCH3 is 1. The Kier molecular flexibility index (Phi) is 4.56. The minimum absolute atomic E-state index is 0.387. The highest BCUT2D eigenvalue weighted by atomic mass is 79.9. The van der Waals surface area contributed by atoms with Crippen LogP contribution < -0.4 is 0 Å². The monoisotopic (exact) mass is 346 g/mol. The number of aromatic nitrogens is 2. The van der Waals surface area contributed by atoms with Crippen LogP contribution in [0.3, 0.4) is 0 Å². The van der Waals surface area contributed by atoms with E-state index in [0.29, 0.717) is 22.6 Å². The molecule has 6 heteroatoms. The molecular formula is C12H9BrCl2N2O. The summed E-state index contributed by atoms with van der Waals surface area (Å²) < 4.78 is 5.83. The van der Waals surface area contributed by atoms with Gasteiger partial charge >= 0.3 is 0 Å². The first kappa shape index (κ1) is 13.7. The lowest BCUT2D eigenvalue weighted by molar-refractivity contribution is 0.181. The van der Waals surface area contributed by atoms with E-state index in [-0.39, 0.29) is 0 Å². The van der Waals surface area contributed by atoms with Crippen molar-refractivity contribution in [2.75, 3.05) is 7.11 Å². The summed E-state index contributed by atoms with van der Waals surface area (Å²) in [6.07, 6.45) is 0. The van der Waals surface area contributed by atoms with Gasteiger partial charge in [0.2, 0.25) is 0 Å². The number of nitrogens with zero attached hydrogens (tertiary/aromatic N) is 2. The zero-order valence-electron chi connectivity index (χ0n) is 9.45. The fourth-order valence-corrected chi connectivity index (χ4v) is 2.15. The third-order valence-electron chi connectivity index (χ3n) is 2.22. The van der Waals surface area contributed by atoms with Gasteiger partial charge < -0.3 is 4.74 Å². The Hall–Kier alpha value is -0.680. The van der Waals surface area contributed by atoms with Gasteiger partial charge in [0, 0.05) is 17.1 Å². The van der Waals surface area contributed by atoms with Gasteiger partial charge in [0.15, 0.2) is 5.82 Å². The van der Waals surface area contributed by atoms with E-state index < -0.39 is 0 Å². The van der Waals surface area contributed by atoms with Crippen LogP contribution in [-0.2, 0) is 11.3 Å². The molecule has 0 N–H and O–H groups in total. The number of ether oxygens (including phenoxy) is 1. The molecule has 1 heterocycles. The maximum atomic E-state index is 5.96. The molecule has 2 rings (SSSR count). The molecule has 1 aromatic carbocycles. The SMILES string of the molecule is COCc1cc(Cl)nc(-c2ccc(Cl)c(Br)c2)n1. The molecule has 18 heavy (non-hydrogen) atoms. The minimum Gasteiger partial charge on any atom is -0.378 e. The maximum Gasteiger partial charge on any atom is 0.161 e. The van der Waals surface area contributed by atoms with E-state index in [2.05, 4.69) is 25.9 Å². The number of rotatable bonds is 3. The molecule has 0 aliphatic carbocycles. The van der Waals surface area contributed by atoms with Crippen LogP contribution in [0.1, 0.15) is 5.69 Å². The minimum atomic E-state index is 0.387. The van der Waals surface area contributed by atoms with Crippen molar-refractivity contribution < 1.29 is 4.74 Å². The highest BCUT2D eigenvalue weighted by Gasteiger charge is 2.07. The molecule has 0 aliphatic rings. The van der Waals surface area contributed by atoms with Gasteiger partial charge in [-0.15, -0.1) is 0 Å². The lowest BCUT2D eigenvalue weighted by Gasteiger charge is -2.05. The van der Waals surface area contributed by atoms with E-state index >= 15 is 0 Å². The summed E-state index contributed by atoms with van der Waals surface area (Å²) in [7, 11) is 1.61. The Bertz CT molecular complexity index is 578. The van der Waals surface area contributed by atoms with Crippen LogP contribution in [0, 0.1) is 0 Å². The molecule has 0 bridgehead atoms. The Labute approximate surface area is 123 Å². The average Bonchev–Trinajstić information content (AvgIpc) is 2.32. The molecule has 1 aromatic heterocycles. The first-order valence-electron chi connectivity index (χ1n) is 5.08. The number of halogens is 3. The summed E-state index contributed by atoms with van der Waals surface area (Å²) in [5.41, 5.74) is 1.57. The van der Waals surface area contributed by atoms with Gasteiger partial charge in [-0.3, -0.25) is 0 Å². The van der Waals surface area contributed by atoms with Crippen LogP contribution in [0.4, 0.5) is 0 Å². The second-order valence-corrected chi connectivity index (χ2v) is 5.22. The zero-order valence-corrected chi connectivity index (χ0v) is 12.6. The Morgan fingerprint density at radius 1 is 1.22 bits per heavy atom. The normalized spacial score (nSPS) is 10.7. The summed E-state index contributed by atoms with van der Waals surface area (Å²) in [5, 5.41) is 1.02. The van der Waals surface area contributed by atoms with Gasteiger partial charge in [0.05, 0.1) is 17.3 Å². The van der Waals surface area contributed by atoms with Crippen LogP contribution in [0.5, 0.6) is 0 Å². The Morgan fingerprint density at radius 2 is 2.00 bits per heavy atom. The van der Waals surface area contributed by atoms with Crippen molar-refractivity contribution in [2.24, 2.45) is 0 Å². The highest BCUT2D eigenvalue weighted by Crippen LogP contribution is 2.27. The van der Waals surface area contributed by atoms with Crippen molar-refractivity contribution >= 4 is 39.1 Å². The Balaban J connectivity index is 2.46. The third-order valence-corrected chi connectivity index (χ3v) is 3.63.